The van der Waals surface area contributed by atoms with E-state index < -0.39 is 0 Å². The second-order valence-corrected chi connectivity index (χ2v) is 5.88. The maximum absolute atomic E-state index is 11.5. The molecule has 0 aliphatic heterocycles. The van der Waals surface area contributed by atoms with Crippen LogP contribution in [0.15, 0.2) is 23.2 Å². The quantitative estimate of drug-likeness (QED) is 0.842. The highest BCUT2D eigenvalue weighted by molar-refractivity contribution is 7.16. The van der Waals surface area contributed by atoms with Crippen LogP contribution in [-0.4, -0.2) is 10.5 Å². The molecule has 1 heterocycles. The fourth-order valence-corrected chi connectivity index (χ4v) is 3.19. The maximum atomic E-state index is 11.5. The molecule has 0 spiro atoms. The van der Waals surface area contributed by atoms with Crippen molar-refractivity contribution in [2.75, 3.05) is 0 Å². The summed E-state index contributed by atoms with van der Waals surface area (Å²) in [4.78, 5) is 16.5. The van der Waals surface area contributed by atoms with Crippen LogP contribution in [0.5, 0.6) is 0 Å². The molecule has 0 atom stereocenters. The second kappa shape index (κ2) is 5.70. The molecule has 1 amide bonds. The fraction of sp³-hybridized carbons (Fsp3) is 0.467. The molecule has 19 heavy (non-hydrogen) atoms. The topological polar surface area (TPSA) is 34.4 Å². The van der Waals surface area contributed by atoms with Crippen LogP contribution < -0.4 is 4.80 Å². The molecule has 0 N–H and O–H groups in total. The van der Waals surface area contributed by atoms with Gasteiger partial charge in [-0.2, -0.15) is 4.99 Å². The molecule has 0 saturated heterocycles. The number of carbonyl (C=O) groups is 1. The number of aromatic nitrogens is 1. The Morgan fingerprint density at radius 3 is 2.68 bits per heavy atom. The molecule has 0 unspecified atom stereocenters. The monoisotopic (exact) mass is 276 g/mol. The third kappa shape index (κ3) is 2.78. The third-order valence-electron chi connectivity index (χ3n) is 3.21. The zero-order valence-corrected chi connectivity index (χ0v) is 12.8. The highest BCUT2D eigenvalue weighted by Crippen LogP contribution is 2.23. The van der Waals surface area contributed by atoms with Gasteiger partial charge in [-0.15, -0.1) is 0 Å². The summed E-state index contributed by atoms with van der Waals surface area (Å²) in [6.07, 6.45) is 0.454. The Hall–Kier alpha value is -1.42. The minimum Gasteiger partial charge on any atom is -0.317 e. The lowest BCUT2D eigenvalue weighted by molar-refractivity contribution is -0.117. The van der Waals surface area contributed by atoms with E-state index in [2.05, 4.69) is 48.5 Å². The average Bonchev–Trinajstić information content (AvgIpc) is 2.74. The number of hydrogen-bond acceptors (Lipinski definition) is 2. The summed E-state index contributed by atoms with van der Waals surface area (Å²) in [6.45, 7) is 9.13. The number of benzene rings is 1. The molecule has 0 bridgehead atoms. The van der Waals surface area contributed by atoms with Gasteiger partial charge in [0.2, 0.25) is 5.91 Å². The lowest BCUT2D eigenvalue weighted by Crippen LogP contribution is -2.15. The van der Waals surface area contributed by atoms with E-state index in [0.29, 0.717) is 12.3 Å². The van der Waals surface area contributed by atoms with Gasteiger partial charge in [0.25, 0.3) is 0 Å². The highest BCUT2D eigenvalue weighted by Gasteiger charge is 2.08. The van der Waals surface area contributed by atoms with Gasteiger partial charge in [0.1, 0.15) is 0 Å². The summed E-state index contributed by atoms with van der Waals surface area (Å²) in [7, 11) is 0. The van der Waals surface area contributed by atoms with Crippen LogP contribution in [0.4, 0.5) is 0 Å². The molecule has 102 valence electrons. The Morgan fingerprint density at radius 1 is 1.37 bits per heavy atom. The van der Waals surface area contributed by atoms with E-state index in [1.54, 1.807) is 11.3 Å². The number of carbonyl (C=O) groups excluding carboxylic acids is 1. The standard InChI is InChI=1S/C15H20N2OS/c1-5-14(18)16-15-17(6-2)12-8-7-11(10(3)4)9-13(12)19-15/h7-10H,5-6H2,1-4H3. The lowest BCUT2D eigenvalue weighted by atomic mass is 10.0. The minimum atomic E-state index is -0.0576. The summed E-state index contributed by atoms with van der Waals surface area (Å²) >= 11 is 1.60. The Morgan fingerprint density at radius 2 is 2.11 bits per heavy atom. The summed E-state index contributed by atoms with van der Waals surface area (Å²) in [6, 6.07) is 6.52. The second-order valence-electron chi connectivity index (χ2n) is 4.87. The van der Waals surface area contributed by atoms with Crippen LogP contribution in [0.2, 0.25) is 0 Å². The first kappa shape index (κ1) is 14.0. The van der Waals surface area contributed by atoms with E-state index in [1.165, 1.54) is 15.8 Å². The molecule has 0 fully saturated rings. The van der Waals surface area contributed by atoms with E-state index in [1.807, 2.05) is 6.92 Å². The Labute approximate surface area is 117 Å². The average molecular weight is 276 g/mol. The van der Waals surface area contributed by atoms with Crippen LogP contribution in [-0.2, 0) is 11.3 Å². The van der Waals surface area contributed by atoms with Gasteiger partial charge in [-0.25, -0.2) is 0 Å². The van der Waals surface area contributed by atoms with Crippen LogP contribution in [0.25, 0.3) is 10.2 Å². The summed E-state index contributed by atoms with van der Waals surface area (Å²) in [5.74, 6) is 0.456. The number of rotatable bonds is 3. The van der Waals surface area contributed by atoms with E-state index >= 15 is 0 Å². The van der Waals surface area contributed by atoms with Gasteiger partial charge in [-0.3, -0.25) is 4.79 Å². The summed E-state index contributed by atoms with van der Waals surface area (Å²) in [5.41, 5.74) is 2.49. The first-order valence-electron chi connectivity index (χ1n) is 6.77. The van der Waals surface area contributed by atoms with Crippen molar-refractivity contribution in [2.24, 2.45) is 4.99 Å². The number of amides is 1. The third-order valence-corrected chi connectivity index (χ3v) is 4.25. The van der Waals surface area contributed by atoms with Crippen molar-refractivity contribution in [3.63, 3.8) is 0 Å². The molecule has 0 radical (unpaired) electrons. The van der Waals surface area contributed by atoms with E-state index in [-0.39, 0.29) is 5.91 Å². The summed E-state index contributed by atoms with van der Waals surface area (Å²) < 4.78 is 3.31. The highest BCUT2D eigenvalue weighted by atomic mass is 32.1. The fourth-order valence-electron chi connectivity index (χ4n) is 2.03. The van der Waals surface area contributed by atoms with E-state index in [4.69, 9.17) is 0 Å². The zero-order chi connectivity index (χ0) is 14.0. The zero-order valence-electron chi connectivity index (χ0n) is 11.9. The molecule has 2 aromatic rings. The lowest BCUT2D eigenvalue weighted by Gasteiger charge is -2.05. The number of aryl methyl sites for hydroxylation is 1. The summed E-state index contributed by atoms with van der Waals surface area (Å²) in [5, 5.41) is 0. The Bertz CT molecular complexity index is 664. The number of nitrogens with zero attached hydrogens (tertiary/aromatic N) is 2. The molecule has 3 nitrogen and oxygen atoms in total. The molecule has 2 rings (SSSR count). The number of fused-ring (bicyclic) bond motifs is 1. The molecular formula is C15H20N2OS. The van der Waals surface area contributed by atoms with E-state index in [9.17, 15) is 4.79 Å². The molecule has 0 aliphatic carbocycles. The maximum Gasteiger partial charge on any atom is 0.248 e. The van der Waals surface area contributed by atoms with Gasteiger partial charge in [0.05, 0.1) is 10.2 Å². The smallest absolute Gasteiger partial charge is 0.248 e. The van der Waals surface area contributed by atoms with Gasteiger partial charge < -0.3 is 4.57 Å². The predicted molar refractivity (Wildman–Crippen MR) is 80.4 cm³/mol. The molecule has 0 saturated carbocycles. The van der Waals surface area contributed by atoms with Crippen LogP contribution in [0.3, 0.4) is 0 Å². The predicted octanol–water partition coefficient (Wildman–Crippen LogP) is 3.68. The van der Waals surface area contributed by atoms with Gasteiger partial charge in [-0.05, 0) is 30.5 Å². The van der Waals surface area contributed by atoms with Crippen molar-refractivity contribution in [2.45, 2.75) is 46.6 Å². The minimum absolute atomic E-state index is 0.0576. The van der Waals surface area contributed by atoms with Crippen molar-refractivity contribution >= 4 is 27.5 Å². The molecule has 0 aliphatic rings. The molecule has 1 aromatic heterocycles. The van der Waals surface area contributed by atoms with E-state index in [0.717, 1.165) is 11.3 Å². The first-order valence-corrected chi connectivity index (χ1v) is 7.59. The molecule has 1 aromatic carbocycles. The number of thiazole rings is 1. The molecule has 4 heteroatoms. The van der Waals surface area contributed by atoms with Crippen molar-refractivity contribution in [1.82, 2.24) is 4.57 Å². The van der Waals surface area contributed by atoms with Crippen LogP contribution >= 0.6 is 11.3 Å². The van der Waals surface area contributed by atoms with Gasteiger partial charge >= 0.3 is 0 Å². The number of hydrogen-bond donors (Lipinski definition) is 0. The van der Waals surface area contributed by atoms with Crippen LogP contribution in [0.1, 0.15) is 45.6 Å². The van der Waals surface area contributed by atoms with Crippen LogP contribution in [0, 0.1) is 0 Å². The van der Waals surface area contributed by atoms with Crippen molar-refractivity contribution < 1.29 is 4.79 Å². The van der Waals surface area contributed by atoms with Crippen molar-refractivity contribution in [3.05, 3.63) is 28.6 Å². The Kier molecular flexibility index (Phi) is 4.20. The largest absolute Gasteiger partial charge is 0.317 e. The first-order chi connectivity index (χ1) is 9.06. The van der Waals surface area contributed by atoms with Crippen molar-refractivity contribution in [3.8, 4) is 0 Å². The van der Waals surface area contributed by atoms with Gasteiger partial charge in [-0.1, -0.05) is 38.2 Å². The van der Waals surface area contributed by atoms with Gasteiger partial charge in [0.15, 0.2) is 4.80 Å². The van der Waals surface area contributed by atoms with Gasteiger partial charge in [0, 0.05) is 13.0 Å². The normalized spacial score (nSPS) is 12.6. The SMILES string of the molecule is CCC(=O)N=c1sc2cc(C(C)C)ccc2n1CC. The Balaban J connectivity index is 2.66. The van der Waals surface area contributed by atoms with Crippen molar-refractivity contribution in [1.29, 1.82) is 0 Å². The molecular weight excluding hydrogens is 256 g/mol.